The molecule has 0 aromatic heterocycles. The molecule has 0 amide bonds. The summed E-state index contributed by atoms with van der Waals surface area (Å²) in [6.45, 7) is 0. The highest BCUT2D eigenvalue weighted by Crippen LogP contribution is 2.55. The van der Waals surface area contributed by atoms with Gasteiger partial charge in [-0.2, -0.15) is 0 Å². The Hall–Kier alpha value is -0.600. The maximum absolute atomic E-state index is 13.8. The summed E-state index contributed by atoms with van der Waals surface area (Å²) in [5.41, 5.74) is -0.512. The van der Waals surface area contributed by atoms with Crippen molar-refractivity contribution in [2.24, 2.45) is 11.8 Å². The van der Waals surface area contributed by atoms with Crippen molar-refractivity contribution < 1.29 is 9.50 Å². The van der Waals surface area contributed by atoms with Gasteiger partial charge in [0.25, 0.3) is 0 Å². The first-order chi connectivity index (χ1) is 7.59. The molecule has 2 fully saturated rings. The van der Waals surface area contributed by atoms with Crippen LogP contribution in [0.15, 0.2) is 18.2 Å². The lowest BCUT2D eigenvalue weighted by Gasteiger charge is -2.33. The lowest BCUT2D eigenvalue weighted by Crippen LogP contribution is -2.33. The van der Waals surface area contributed by atoms with Gasteiger partial charge in [-0.1, -0.05) is 17.7 Å². The van der Waals surface area contributed by atoms with Crippen LogP contribution in [0.3, 0.4) is 0 Å². The Kier molecular flexibility index (Phi) is 2.27. The number of halogens is 2. The smallest absolute Gasteiger partial charge is 0.130 e. The quantitative estimate of drug-likeness (QED) is 0.797. The van der Waals surface area contributed by atoms with E-state index in [0.717, 1.165) is 12.8 Å². The molecule has 1 aromatic carbocycles. The summed E-state index contributed by atoms with van der Waals surface area (Å²) < 4.78 is 13.8. The molecule has 2 saturated carbocycles. The monoisotopic (exact) mass is 240 g/mol. The predicted molar refractivity (Wildman–Crippen MR) is 60.8 cm³/mol. The van der Waals surface area contributed by atoms with E-state index in [-0.39, 0.29) is 11.7 Å². The van der Waals surface area contributed by atoms with Gasteiger partial charge in [-0.25, -0.2) is 4.39 Å². The van der Waals surface area contributed by atoms with E-state index >= 15 is 0 Å². The molecule has 0 aliphatic heterocycles. The van der Waals surface area contributed by atoms with Gasteiger partial charge < -0.3 is 5.11 Å². The first-order valence-corrected chi connectivity index (χ1v) is 6.15. The molecule has 3 rings (SSSR count). The molecule has 2 bridgehead atoms. The molecule has 3 atom stereocenters. The van der Waals surface area contributed by atoms with Crippen molar-refractivity contribution >= 4 is 11.6 Å². The van der Waals surface area contributed by atoms with E-state index < -0.39 is 5.60 Å². The summed E-state index contributed by atoms with van der Waals surface area (Å²) in [4.78, 5) is 0. The fraction of sp³-hybridized carbons (Fsp3) is 0.538. The molecule has 1 N–H and O–H groups in total. The maximum atomic E-state index is 13.8. The molecule has 3 unspecified atom stereocenters. The summed E-state index contributed by atoms with van der Waals surface area (Å²) in [5.74, 6) is 0.431. The van der Waals surface area contributed by atoms with Gasteiger partial charge in [0.2, 0.25) is 0 Å². The van der Waals surface area contributed by atoms with E-state index in [4.69, 9.17) is 11.6 Å². The molecule has 1 aromatic rings. The minimum absolute atomic E-state index is 0.230. The Bertz CT molecular complexity index is 434. The van der Waals surface area contributed by atoms with Crippen molar-refractivity contribution in [2.45, 2.75) is 31.3 Å². The first kappa shape index (κ1) is 10.5. The van der Waals surface area contributed by atoms with E-state index in [9.17, 15) is 9.50 Å². The second kappa shape index (κ2) is 3.44. The maximum Gasteiger partial charge on any atom is 0.130 e. The molecule has 1 nitrogen and oxygen atoms in total. The van der Waals surface area contributed by atoms with Gasteiger partial charge in [0.1, 0.15) is 5.82 Å². The Morgan fingerprint density at radius 2 is 2.19 bits per heavy atom. The molecule has 3 heteroatoms. The van der Waals surface area contributed by atoms with E-state index in [1.807, 2.05) is 0 Å². The van der Waals surface area contributed by atoms with Gasteiger partial charge in [0.15, 0.2) is 0 Å². The number of benzene rings is 1. The predicted octanol–water partition coefficient (Wildman–Crippen LogP) is 3.49. The summed E-state index contributed by atoms with van der Waals surface area (Å²) in [5, 5.41) is 11.0. The molecular weight excluding hydrogens is 227 g/mol. The van der Waals surface area contributed by atoms with Crippen LogP contribution in [0.1, 0.15) is 31.2 Å². The lowest BCUT2D eigenvalue weighted by molar-refractivity contribution is -0.0212. The minimum atomic E-state index is -0.947. The molecule has 0 radical (unpaired) electrons. The van der Waals surface area contributed by atoms with Gasteiger partial charge in [-0.15, -0.1) is 0 Å². The van der Waals surface area contributed by atoms with Crippen LogP contribution < -0.4 is 0 Å². The lowest BCUT2D eigenvalue weighted by atomic mass is 9.79. The Labute approximate surface area is 99.2 Å². The van der Waals surface area contributed by atoms with Crippen molar-refractivity contribution in [3.8, 4) is 0 Å². The normalized spacial score (nSPS) is 36.9. The SMILES string of the molecule is OC1(c2ccc(Cl)cc2F)CC2CCC1C2. The van der Waals surface area contributed by atoms with Crippen LogP contribution in [0.2, 0.25) is 5.02 Å². The molecule has 0 spiro atoms. The van der Waals surface area contributed by atoms with Crippen LogP contribution in [0.4, 0.5) is 4.39 Å². The second-order valence-corrected chi connectivity index (χ2v) is 5.56. The average Bonchev–Trinajstić information content (AvgIpc) is 2.76. The standard InChI is InChI=1S/C13H14ClFO/c14-10-3-4-11(12(15)6-10)13(16)7-8-1-2-9(13)5-8/h3-4,6,8-9,16H,1-2,5,7H2. The summed E-state index contributed by atoms with van der Waals surface area (Å²) in [6, 6.07) is 4.59. The highest BCUT2D eigenvalue weighted by molar-refractivity contribution is 6.30. The van der Waals surface area contributed by atoms with Crippen LogP contribution in [0.25, 0.3) is 0 Å². The number of hydrogen-bond donors (Lipinski definition) is 1. The van der Waals surface area contributed by atoms with Gasteiger partial charge in [-0.3, -0.25) is 0 Å². The number of hydrogen-bond acceptors (Lipinski definition) is 1. The van der Waals surface area contributed by atoms with E-state index in [2.05, 4.69) is 0 Å². The summed E-state index contributed by atoms with van der Waals surface area (Å²) in [6.07, 6.45) is 3.94. The van der Waals surface area contributed by atoms with Crippen molar-refractivity contribution in [1.29, 1.82) is 0 Å². The van der Waals surface area contributed by atoms with Gasteiger partial charge in [0, 0.05) is 10.6 Å². The molecular formula is C13H14ClFO. The highest BCUT2D eigenvalue weighted by Gasteiger charge is 2.51. The third-order valence-electron chi connectivity index (χ3n) is 4.21. The van der Waals surface area contributed by atoms with E-state index in [0.29, 0.717) is 22.9 Å². The molecule has 86 valence electrons. The molecule has 16 heavy (non-hydrogen) atoms. The van der Waals surface area contributed by atoms with Gasteiger partial charge in [-0.05, 0) is 49.7 Å². The van der Waals surface area contributed by atoms with Crippen LogP contribution in [-0.4, -0.2) is 5.11 Å². The molecule has 0 heterocycles. The van der Waals surface area contributed by atoms with E-state index in [1.54, 1.807) is 12.1 Å². The van der Waals surface area contributed by atoms with Crippen LogP contribution in [0.5, 0.6) is 0 Å². The van der Waals surface area contributed by atoms with Gasteiger partial charge >= 0.3 is 0 Å². The van der Waals surface area contributed by atoms with Crippen molar-refractivity contribution in [2.75, 3.05) is 0 Å². The zero-order chi connectivity index (χ0) is 11.3. The van der Waals surface area contributed by atoms with Crippen LogP contribution in [-0.2, 0) is 5.60 Å². The van der Waals surface area contributed by atoms with E-state index in [1.165, 1.54) is 12.5 Å². The molecule has 2 aliphatic carbocycles. The van der Waals surface area contributed by atoms with Crippen LogP contribution >= 0.6 is 11.6 Å². The zero-order valence-electron chi connectivity index (χ0n) is 8.92. The third-order valence-corrected chi connectivity index (χ3v) is 4.45. The average molecular weight is 241 g/mol. The Balaban J connectivity index is 2.03. The van der Waals surface area contributed by atoms with Crippen molar-refractivity contribution in [1.82, 2.24) is 0 Å². The highest BCUT2D eigenvalue weighted by atomic mass is 35.5. The topological polar surface area (TPSA) is 20.2 Å². The summed E-state index contributed by atoms with van der Waals surface area (Å²) in [7, 11) is 0. The third kappa shape index (κ3) is 1.40. The Morgan fingerprint density at radius 1 is 1.38 bits per heavy atom. The Morgan fingerprint density at radius 3 is 2.75 bits per heavy atom. The summed E-state index contributed by atoms with van der Waals surface area (Å²) >= 11 is 5.73. The zero-order valence-corrected chi connectivity index (χ0v) is 9.67. The van der Waals surface area contributed by atoms with Crippen molar-refractivity contribution in [3.05, 3.63) is 34.6 Å². The first-order valence-electron chi connectivity index (χ1n) is 5.77. The largest absolute Gasteiger partial charge is 0.385 e. The van der Waals surface area contributed by atoms with Gasteiger partial charge in [0.05, 0.1) is 5.60 Å². The fourth-order valence-corrected chi connectivity index (χ4v) is 3.63. The number of aliphatic hydroxyl groups is 1. The molecule has 0 saturated heterocycles. The minimum Gasteiger partial charge on any atom is -0.385 e. The van der Waals surface area contributed by atoms with Crippen molar-refractivity contribution in [3.63, 3.8) is 0 Å². The molecule has 2 aliphatic rings. The van der Waals surface area contributed by atoms with Crippen LogP contribution in [0, 0.1) is 17.7 Å². The number of fused-ring (bicyclic) bond motifs is 2. The number of rotatable bonds is 1. The fourth-order valence-electron chi connectivity index (χ4n) is 3.47. The second-order valence-electron chi connectivity index (χ2n) is 5.13.